The number of ketones is 1. The maximum absolute atomic E-state index is 13.7. The highest BCUT2D eigenvalue weighted by molar-refractivity contribution is 6.31. The second-order valence-electron chi connectivity index (χ2n) is 8.99. The summed E-state index contributed by atoms with van der Waals surface area (Å²) in [5.74, 6) is -0.344. The fraction of sp³-hybridized carbons (Fsp3) is 0.214. The van der Waals surface area contributed by atoms with Crippen LogP contribution < -0.4 is 5.73 Å². The van der Waals surface area contributed by atoms with Crippen LogP contribution in [0.15, 0.2) is 78.9 Å². The molecule has 1 aromatic heterocycles. The van der Waals surface area contributed by atoms with Crippen LogP contribution >= 0.6 is 11.6 Å². The van der Waals surface area contributed by atoms with Crippen molar-refractivity contribution in [2.75, 3.05) is 0 Å². The van der Waals surface area contributed by atoms with Crippen LogP contribution in [0.3, 0.4) is 0 Å². The van der Waals surface area contributed by atoms with Crippen LogP contribution in [0.4, 0.5) is 0 Å². The van der Waals surface area contributed by atoms with E-state index in [9.17, 15) is 9.59 Å². The first kappa shape index (κ1) is 22.8. The average Bonchev–Trinajstić information content (AvgIpc) is 3.11. The summed E-state index contributed by atoms with van der Waals surface area (Å²) in [4.78, 5) is 25.9. The number of hydrogen-bond acceptors (Lipinski definition) is 2. The van der Waals surface area contributed by atoms with Crippen molar-refractivity contribution in [2.24, 2.45) is 11.1 Å². The number of Topliss-reactive ketones (excluding diaryl/α,β-unsaturated/α-hetero) is 1. The number of fused-ring (bicyclic) bond motifs is 1. The molecule has 0 atom stereocenters. The van der Waals surface area contributed by atoms with Gasteiger partial charge in [0.2, 0.25) is 5.91 Å². The van der Waals surface area contributed by atoms with Gasteiger partial charge in [0.25, 0.3) is 0 Å². The minimum Gasteiger partial charge on any atom is -0.369 e. The van der Waals surface area contributed by atoms with Crippen molar-refractivity contribution in [1.82, 2.24) is 4.57 Å². The predicted molar refractivity (Wildman–Crippen MR) is 134 cm³/mol. The predicted octanol–water partition coefficient (Wildman–Crippen LogP) is 6.29. The monoisotopic (exact) mass is 458 g/mol. The quantitative estimate of drug-likeness (QED) is 0.315. The van der Waals surface area contributed by atoms with Gasteiger partial charge in [-0.3, -0.25) is 9.59 Å². The van der Waals surface area contributed by atoms with Crippen molar-refractivity contribution in [3.8, 4) is 11.3 Å². The minimum atomic E-state index is -0.817. The number of amides is 1. The molecule has 0 spiro atoms. The van der Waals surface area contributed by atoms with Gasteiger partial charge in [0.05, 0.1) is 22.2 Å². The van der Waals surface area contributed by atoms with Gasteiger partial charge in [0, 0.05) is 23.4 Å². The molecule has 1 amide bonds. The molecule has 3 aromatic carbocycles. The zero-order valence-electron chi connectivity index (χ0n) is 18.8. The lowest BCUT2D eigenvalue weighted by Gasteiger charge is -2.24. The number of halogens is 1. The summed E-state index contributed by atoms with van der Waals surface area (Å²) in [6.45, 7) is 3.96. The number of hydrogen-bond donors (Lipinski definition) is 1. The molecule has 2 N–H and O–H groups in total. The summed E-state index contributed by atoms with van der Waals surface area (Å²) in [7, 11) is 0. The third kappa shape index (κ3) is 4.71. The number of nitrogens with zero attached hydrogens (tertiary/aromatic N) is 1. The molecule has 0 unspecified atom stereocenters. The fourth-order valence-corrected chi connectivity index (χ4v) is 4.33. The number of primary amides is 1. The smallest absolute Gasteiger partial charge is 0.224 e. The summed E-state index contributed by atoms with van der Waals surface area (Å²) in [6, 6.07) is 25.3. The van der Waals surface area contributed by atoms with Crippen molar-refractivity contribution in [2.45, 2.75) is 33.2 Å². The summed E-state index contributed by atoms with van der Waals surface area (Å²) < 4.78 is 2.02. The molecule has 0 saturated carbocycles. The SMILES string of the molecule is CC(C)(Cn1c(-c2ccccc2)c(C(=O)CCc2ccccc2)c2ccc(Cl)cc21)C(N)=O. The van der Waals surface area contributed by atoms with Crippen molar-refractivity contribution in [3.05, 3.63) is 95.0 Å². The highest BCUT2D eigenvalue weighted by Gasteiger charge is 2.30. The maximum atomic E-state index is 13.7. The lowest BCUT2D eigenvalue weighted by atomic mass is 9.92. The number of aromatic nitrogens is 1. The molecule has 4 aromatic rings. The van der Waals surface area contributed by atoms with Gasteiger partial charge in [-0.05, 0) is 43.5 Å². The highest BCUT2D eigenvalue weighted by atomic mass is 35.5. The number of carbonyl (C=O) groups is 2. The highest BCUT2D eigenvalue weighted by Crippen LogP contribution is 2.38. The Labute approximate surface area is 199 Å². The molecule has 5 heteroatoms. The maximum Gasteiger partial charge on any atom is 0.224 e. The third-order valence-electron chi connectivity index (χ3n) is 6.06. The number of nitrogens with two attached hydrogens (primary N) is 1. The van der Waals surface area contributed by atoms with Crippen molar-refractivity contribution in [1.29, 1.82) is 0 Å². The molecule has 0 radical (unpaired) electrons. The number of benzene rings is 3. The van der Waals surface area contributed by atoms with Crippen LogP contribution in [0, 0.1) is 5.41 Å². The fourth-order valence-electron chi connectivity index (χ4n) is 4.17. The van der Waals surface area contributed by atoms with Gasteiger partial charge >= 0.3 is 0 Å². The van der Waals surface area contributed by atoms with Crippen LogP contribution in [0.5, 0.6) is 0 Å². The molecule has 4 nitrogen and oxygen atoms in total. The zero-order chi connectivity index (χ0) is 23.6. The van der Waals surface area contributed by atoms with Gasteiger partial charge in [0.1, 0.15) is 0 Å². The lowest BCUT2D eigenvalue weighted by molar-refractivity contribution is -0.126. The molecule has 0 saturated heterocycles. The van der Waals surface area contributed by atoms with Gasteiger partial charge in [-0.2, -0.15) is 0 Å². The first-order valence-corrected chi connectivity index (χ1v) is 11.4. The zero-order valence-corrected chi connectivity index (χ0v) is 19.6. The van der Waals surface area contributed by atoms with Crippen LogP contribution in [-0.4, -0.2) is 16.3 Å². The number of aryl methyl sites for hydroxylation is 1. The van der Waals surface area contributed by atoms with E-state index >= 15 is 0 Å². The van der Waals surface area contributed by atoms with E-state index in [0.29, 0.717) is 30.0 Å². The van der Waals surface area contributed by atoms with E-state index in [1.807, 2.05) is 91.2 Å². The molecule has 0 aliphatic carbocycles. The standard InChI is InChI=1S/C28H27ClN2O2/c1-28(2,27(30)33)18-31-23-17-21(29)14-15-22(23)25(26(31)20-11-7-4-8-12-20)24(32)16-13-19-9-5-3-6-10-19/h3-12,14-15,17H,13,16,18H2,1-2H3,(H2,30,33). The van der Waals surface area contributed by atoms with Gasteiger partial charge in [-0.25, -0.2) is 0 Å². The Hall–Kier alpha value is -3.37. The molecule has 1 heterocycles. The average molecular weight is 459 g/mol. The van der Waals surface area contributed by atoms with E-state index < -0.39 is 11.3 Å². The second kappa shape index (κ2) is 9.24. The Morgan fingerprint density at radius 3 is 2.21 bits per heavy atom. The topological polar surface area (TPSA) is 65.1 Å². The van der Waals surface area contributed by atoms with E-state index in [0.717, 1.165) is 27.7 Å². The molecule has 168 valence electrons. The van der Waals surface area contributed by atoms with E-state index in [4.69, 9.17) is 17.3 Å². The van der Waals surface area contributed by atoms with Gasteiger partial charge in [-0.1, -0.05) is 78.3 Å². The van der Waals surface area contributed by atoms with Gasteiger partial charge < -0.3 is 10.3 Å². The summed E-state index contributed by atoms with van der Waals surface area (Å²) in [6.07, 6.45) is 1.03. The van der Waals surface area contributed by atoms with E-state index in [2.05, 4.69) is 0 Å². The van der Waals surface area contributed by atoms with Gasteiger partial charge in [0.15, 0.2) is 5.78 Å². The lowest BCUT2D eigenvalue weighted by Crippen LogP contribution is -2.35. The van der Waals surface area contributed by atoms with Gasteiger partial charge in [-0.15, -0.1) is 0 Å². The normalized spacial score (nSPS) is 11.6. The number of carbonyl (C=O) groups excluding carboxylic acids is 2. The van der Waals surface area contributed by atoms with Crippen LogP contribution in [-0.2, 0) is 17.8 Å². The third-order valence-corrected chi connectivity index (χ3v) is 6.29. The molecule has 0 fully saturated rings. The molecule has 0 bridgehead atoms. The van der Waals surface area contributed by atoms with Crippen LogP contribution in [0.2, 0.25) is 5.02 Å². The van der Waals surface area contributed by atoms with Crippen molar-refractivity contribution in [3.63, 3.8) is 0 Å². The Morgan fingerprint density at radius 2 is 1.58 bits per heavy atom. The van der Waals surface area contributed by atoms with Crippen molar-refractivity contribution < 1.29 is 9.59 Å². The minimum absolute atomic E-state index is 0.0562. The molecule has 33 heavy (non-hydrogen) atoms. The Morgan fingerprint density at radius 1 is 0.939 bits per heavy atom. The second-order valence-corrected chi connectivity index (χ2v) is 9.43. The van der Waals surface area contributed by atoms with E-state index in [1.165, 1.54) is 0 Å². The van der Waals surface area contributed by atoms with Crippen LogP contribution in [0.1, 0.15) is 36.2 Å². The Kier molecular flexibility index (Phi) is 6.39. The first-order chi connectivity index (χ1) is 15.8. The number of rotatable bonds is 8. The molecular weight excluding hydrogens is 432 g/mol. The summed E-state index contributed by atoms with van der Waals surface area (Å²) >= 11 is 6.36. The largest absolute Gasteiger partial charge is 0.369 e. The molecule has 0 aliphatic rings. The van der Waals surface area contributed by atoms with E-state index in [-0.39, 0.29) is 5.78 Å². The molecular formula is C28H27ClN2O2. The molecule has 4 rings (SSSR count). The Bertz CT molecular complexity index is 1310. The summed E-state index contributed by atoms with van der Waals surface area (Å²) in [5, 5.41) is 1.40. The van der Waals surface area contributed by atoms with E-state index in [1.54, 1.807) is 6.07 Å². The Balaban J connectivity index is 1.91. The summed E-state index contributed by atoms with van der Waals surface area (Å²) in [5.41, 5.74) is 9.19. The van der Waals surface area contributed by atoms with Crippen LogP contribution in [0.25, 0.3) is 22.2 Å². The first-order valence-electron chi connectivity index (χ1n) is 11.0. The van der Waals surface area contributed by atoms with Crippen molar-refractivity contribution >= 4 is 34.2 Å². The molecule has 0 aliphatic heterocycles.